The lowest BCUT2D eigenvalue weighted by molar-refractivity contribution is -0.140. The molecule has 1 N–H and O–H groups in total. The third-order valence-electron chi connectivity index (χ3n) is 7.64. The second kappa shape index (κ2) is 16.1. The topological polar surface area (TPSA) is 86.8 Å². The van der Waals surface area contributed by atoms with Crippen LogP contribution >= 0.6 is 23.2 Å². The van der Waals surface area contributed by atoms with E-state index in [1.54, 1.807) is 55.5 Å². The molecule has 4 aromatic carbocycles. The Hall–Kier alpha value is -4.06. The third-order valence-corrected chi connectivity index (χ3v) is 10.2. The van der Waals surface area contributed by atoms with E-state index in [0.717, 1.165) is 23.3 Å². The molecule has 0 aliphatic carbocycles. The van der Waals surface area contributed by atoms with E-state index in [-0.39, 0.29) is 39.5 Å². The van der Waals surface area contributed by atoms with Crippen molar-refractivity contribution in [1.29, 1.82) is 0 Å². The molecule has 1 atom stereocenters. The van der Waals surface area contributed by atoms with E-state index in [9.17, 15) is 31.2 Å². The summed E-state index contributed by atoms with van der Waals surface area (Å²) >= 11 is 12.4. The van der Waals surface area contributed by atoms with Crippen LogP contribution in [0.5, 0.6) is 0 Å². The van der Waals surface area contributed by atoms with Gasteiger partial charge in [0, 0.05) is 19.5 Å². The van der Waals surface area contributed by atoms with Crippen LogP contribution < -0.4 is 9.62 Å². The van der Waals surface area contributed by atoms with Crippen LogP contribution in [0.4, 0.5) is 18.9 Å². The quantitative estimate of drug-likeness (QED) is 0.151. The van der Waals surface area contributed by atoms with E-state index in [1.807, 2.05) is 13.8 Å². The van der Waals surface area contributed by atoms with Crippen molar-refractivity contribution in [3.05, 3.63) is 129 Å². The van der Waals surface area contributed by atoms with Crippen LogP contribution in [0.25, 0.3) is 0 Å². The Bertz CT molecular complexity index is 1870. The Morgan fingerprint density at radius 3 is 2.12 bits per heavy atom. The highest BCUT2D eigenvalue weighted by atomic mass is 35.5. The second-order valence-electron chi connectivity index (χ2n) is 12.0. The number of anilines is 1. The van der Waals surface area contributed by atoms with Crippen molar-refractivity contribution in [3.63, 3.8) is 0 Å². The van der Waals surface area contributed by atoms with Gasteiger partial charge in [-0.3, -0.25) is 13.9 Å². The van der Waals surface area contributed by atoms with Crippen molar-refractivity contribution in [2.24, 2.45) is 5.92 Å². The summed E-state index contributed by atoms with van der Waals surface area (Å²) in [7, 11) is -4.59. The highest BCUT2D eigenvalue weighted by molar-refractivity contribution is 7.92. The monoisotopic (exact) mass is 733 g/mol. The average Bonchev–Trinajstić information content (AvgIpc) is 3.05. The number of hydrogen-bond donors (Lipinski definition) is 1. The number of nitrogens with one attached hydrogen (secondary N) is 1. The van der Waals surface area contributed by atoms with Crippen molar-refractivity contribution in [1.82, 2.24) is 10.2 Å². The van der Waals surface area contributed by atoms with E-state index < -0.39 is 46.2 Å². The molecule has 260 valence electrons. The van der Waals surface area contributed by atoms with E-state index in [1.165, 1.54) is 35.2 Å². The molecule has 0 spiro atoms. The molecule has 0 bridgehead atoms. The van der Waals surface area contributed by atoms with E-state index in [0.29, 0.717) is 22.5 Å². The molecule has 0 radical (unpaired) electrons. The van der Waals surface area contributed by atoms with Gasteiger partial charge in [0.1, 0.15) is 12.6 Å². The van der Waals surface area contributed by atoms with Crippen molar-refractivity contribution >= 4 is 50.7 Å². The highest BCUT2D eigenvalue weighted by Crippen LogP contribution is 2.34. The van der Waals surface area contributed by atoms with Crippen LogP contribution in [0.1, 0.15) is 36.1 Å². The van der Waals surface area contributed by atoms with Gasteiger partial charge in [-0.05, 0) is 66.4 Å². The van der Waals surface area contributed by atoms with Crippen molar-refractivity contribution in [2.75, 3.05) is 17.4 Å². The molecule has 7 nitrogen and oxygen atoms in total. The summed E-state index contributed by atoms with van der Waals surface area (Å²) in [6.07, 6.45) is -4.72. The average molecular weight is 735 g/mol. The predicted molar refractivity (Wildman–Crippen MR) is 186 cm³/mol. The van der Waals surface area contributed by atoms with Crippen LogP contribution in [0.15, 0.2) is 102 Å². The SMILES string of the molecule is Cc1ccc(S(=O)(=O)N(CC(=O)N(Cc2ccc(Cl)c(Cl)c2)[C@@H](Cc2ccccc2)C(=O)NCC(C)C)c2cccc(C(F)(F)F)c2)cc1. The first kappa shape index (κ1) is 37.8. The molecule has 2 amide bonds. The maximum absolute atomic E-state index is 14.5. The number of hydrogen-bond acceptors (Lipinski definition) is 4. The van der Waals surface area contributed by atoms with Gasteiger partial charge in [-0.25, -0.2) is 8.42 Å². The van der Waals surface area contributed by atoms with Crippen molar-refractivity contribution in [3.8, 4) is 0 Å². The highest BCUT2D eigenvalue weighted by Gasteiger charge is 2.36. The molecule has 49 heavy (non-hydrogen) atoms. The second-order valence-corrected chi connectivity index (χ2v) is 14.7. The van der Waals surface area contributed by atoms with Crippen molar-refractivity contribution < 1.29 is 31.2 Å². The molecule has 0 aromatic heterocycles. The molecular weight excluding hydrogens is 698 g/mol. The number of nitrogens with zero attached hydrogens (tertiary/aromatic N) is 2. The number of carbonyl (C=O) groups excluding carboxylic acids is 2. The summed E-state index contributed by atoms with van der Waals surface area (Å²) in [5, 5.41) is 3.34. The molecule has 0 fully saturated rings. The molecular formula is C36H36Cl2F3N3O4S. The number of carbonyl (C=O) groups is 2. The molecule has 0 saturated carbocycles. The first-order valence-electron chi connectivity index (χ1n) is 15.4. The lowest BCUT2D eigenvalue weighted by Crippen LogP contribution is -2.53. The number of sulfonamides is 1. The standard InChI is InChI=1S/C36H36Cl2F3N3O4S/c1-24(2)21-42-35(46)33(19-26-8-5-4-6-9-26)43(22-27-14-17-31(37)32(38)18-27)34(45)23-44(29-11-7-10-28(20-29)36(39,40)41)49(47,48)30-15-12-25(3)13-16-30/h4-18,20,24,33H,19,21-23H2,1-3H3,(H,42,46)/t33-/m0/s1. The zero-order valence-corrected chi connectivity index (χ0v) is 29.4. The van der Waals surface area contributed by atoms with Gasteiger partial charge in [0.15, 0.2) is 0 Å². The fourth-order valence-electron chi connectivity index (χ4n) is 5.01. The van der Waals surface area contributed by atoms with Gasteiger partial charge in [0.2, 0.25) is 11.8 Å². The summed E-state index contributed by atoms with van der Waals surface area (Å²) in [5.41, 5.74) is 0.501. The summed E-state index contributed by atoms with van der Waals surface area (Å²) in [5.74, 6) is -1.24. The van der Waals surface area contributed by atoms with Crippen LogP contribution in [0, 0.1) is 12.8 Å². The van der Waals surface area contributed by atoms with Gasteiger partial charge in [0.25, 0.3) is 10.0 Å². The Labute approximate surface area is 294 Å². The normalized spacial score (nSPS) is 12.4. The molecule has 0 aliphatic heterocycles. The maximum Gasteiger partial charge on any atom is 0.416 e. The Morgan fingerprint density at radius 1 is 0.837 bits per heavy atom. The summed E-state index contributed by atoms with van der Waals surface area (Å²) in [6.45, 7) is 4.77. The first-order valence-corrected chi connectivity index (χ1v) is 17.6. The van der Waals surface area contributed by atoms with Crippen LogP contribution in [-0.4, -0.2) is 44.3 Å². The number of halogens is 5. The largest absolute Gasteiger partial charge is 0.416 e. The molecule has 4 rings (SSSR count). The number of alkyl halides is 3. The summed E-state index contributed by atoms with van der Waals surface area (Å²) in [6, 6.07) is 22.0. The van der Waals surface area contributed by atoms with Crippen LogP contribution in [0.2, 0.25) is 10.0 Å². The number of amides is 2. The first-order chi connectivity index (χ1) is 23.1. The fraction of sp³-hybridized carbons (Fsp3) is 0.278. The number of aryl methyl sites for hydroxylation is 1. The molecule has 0 heterocycles. The smallest absolute Gasteiger partial charge is 0.354 e. The third kappa shape index (κ3) is 9.99. The molecule has 0 aliphatic rings. The Balaban J connectivity index is 1.85. The molecule has 0 saturated heterocycles. The summed E-state index contributed by atoms with van der Waals surface area (Å²) in [4.78, 5) is 29.4. The van der Waals surface area contributed by atoms with Gasteiger partial charge >= 0.3 is 6.18 Å². The minimum atomic E-state index is -4.78. The number of rotatable bonds is 13. The van der Waals surface area contributed by atoms with Crippen LogP contribution in [0.3, 0.4) is 0 Å². The van der Waals surface area contributed by atoms with Crippen LogP contribution in [-0.2, 0) is 38.8 Å². The minimum Gasteiger partial charge on any atom is -0.354 e. The van der Waals surface area contributed by atoms with Gasteiger partial charge in [-0.15, -0.1) is 0 Å². The fourth-order valence-corrected chi connectivity index (χ4v) is 6.74. The summed E-state index contributed by atoms with van der Waals surface area (Å²) < 4.78 is 70.4. The zero-order valence-electron chi connectivity index (χ0n) is 27.0. The maximum atomic E-state index is 14.5. The van der Waals surface area contributed by atoms with E-state index in [4.69, 9.17) is 23.2 Å². The Kier molecular flexibility index (Phi) is 12.4. The minimum absolute atomic E-state index is 0.0616. The lowest BCUT2D eigenvalue weighted by atomic mass is 10.0. The van der Waals surface area contributed by atoms with Gasteiger partial charge in [-0.2, -0.15) is 13.2 Å². The lowest BCUT2D eigenvalue weighted by Gasteiger charge is -2.34. The van der Waals surface area contributed by atoms with Gasteiger partial charge < -0.3 is 10.2 Å². The van der Waals surface area contributed by atoms with E-state index in [2.05, 4.69) is 5.32 Å². The van der Waals surface area contributed by atoms with Crippen molar-refractivity contribution in [2.45, 2.75) is 50.9 Å². The predicted octanol–water partition coefficient (Wildman–Crippen LogP) is 7.93. The van der Waals surface area contributed by atoms with E-state index >= 15 is 0 Å². The van der Waals surface area contributed by atoms with Gasteiger partial charge in [-0.1, -0.05) is 97.2 Å². The van der Waals surface area contributed by atoms with Gasteiger partial charge in [0.05, 0.1) is 26.2 Å². The molecule has 4 aromatic rings. The molecule has 13 heteroatoms. The molecule has 0 unspecified atom stereocenters. The zero-order chi connectivity index (χ0) is 35.9. The number of benzene rings is 4. The Morgan fingerprint density at radius 2 is 1.51 bits per heavy atom.